The molecule has 2 aliphatic heterocycles. The molecule has 2 saturated heterocycles. The maximum Gasteiger partial charge on any atom is 0.303 e. The molecule has 9 nitrogen and oxygen atoms in total. The number of anilines is 1. The van der Waals surface area contributed by atoms with E-state index in [9.17, 15) is 13.2 Å². The number of imidazole rings is 1. The number of amides is 1. The summed E-state index contributed by atoms with van der Waals surface area (Å²) >= 11 is 0. The van der Waals surface area contributed by atoms with Crippen molar-refractivity contribution in [2.24, 2.45) is 11.8 Å². The predicted octanol–water partition coefficient (Wildman–Crippen LogP) is 3.29. The molecule has 0 unspecified atom stereocenters. The van der Waals surface area contributed by atoms with Crippen molar-refractivity contribution in [3.05, 3.63) is 24.0 Å². The van der Waals surface area contributed by atoms with Crippen LogP contribution in [0.15, 0.2) is 18.2 Å². The number of carbonyl (C=O) groups excluding carboxylic acids is 1. The zero-order valence-corrected chi connectivity index (χ0v) is 23.1. The van der Waals surface area contributed by atoms with Gasteiger partial charge in [0, 0.05) is 57.8 Å². The molecule has 2 aliphatic rings. The molecule has 1 N–H and O–H groups in total. The summed E-state index contributed by atoms with van der Waals surface area (Å²) in [7, 11) is -2.12. The van der Waals surface area contributed by atoms with Crippen LogP contribution in [-0.4, -0.2) is 68.1 Å². The van der Waals surface area contributed by atoms with Gasteiger partial charge in [-0.05, 0) is 56.7 Å². The van der Waals surface area contributed by atoms with Crippen LogP contribution in [0.25, 0.3) is 11.0 Å². The Labute approximate surface area is 215 Å². The smallest absolute Gasteiger partial charge is 0.303 e. The van der Waals surface area contributed by atoms with Gasteiger partial charge in [-0.3, -0.25) is 9.10 Å². The number of nitrogens with zero attached hydrogens (tertiary/aromatic N) is 4. The van der Waals surface area contributed by atoms with Gasteiger partial charge >= 0.3 is 10.2 Å². The van der Waals surface area contributed by atoms with Gasteiger partial charge < -0.3 is 14.6 Å². The summed E-state index contributed by atoms with van der Waals surface area (Å²) in [5.41, 5.74) is 2.28. The standard InChI is InChI=1S/C26H41N5O4S/c1-6-27-24(32)20-9-13-30(14-10-20)36(33,34)29(5)21-7-8-23-22(17-21)28-25(26(2,3)4)31(23)18-19-11-15-35-16-12-19/h7-8,17,19-20H,6,9-16,18H2,1-5H3,(H,27,32). The molecule has 0 saturated carbocycles. The van der Waals surface area contributed by atoms with Crippen LogP contribution in [0, 0.1) is 11.8 Å². The van der Waals surface area contributed by atoms with E-state index in [2.05, 4.69) is 30.7 Å². The van der Waals surface area contributed by atoms with Gasteiger partial charge in [-0.2, -0.15) is 12.7 Å². The second-order valence-electron chi connectivity index (χ2n) is 11.1. The van der Waals surface area contributed by atoms with Crippen molar-refractivity contribution in [1.29, 1.82) is 0 Å². The molecule has 0 radical (unpaired) electrons. The average molecular weight is 520 g/mol. The number of ether oxygens (including phenoxy) is 1. The van der Waals surface area contributed by atoms with Crippen LogP contribution in [0.3, 0.4) is 0 Å². The van der Waals surface area contributed by atoms with Crippen molar-refractivity contribution in [1.82, 2.24) is 19.2 Å². The van der Waals surface area contributed by atoms with Gasteiger partial charge in [0.2, 0.25) is 5.91 Å². The zero-order chi connectivity index (χ0) is 26.1. The normalized spacial score (nSPS) is 19.0. The quantitative estimate of drug-likeness (QED) is 0.606. The minimum Gasteiger partial charge on any atom is -0.381 e. The van der Waals surface area contributed by atoms with Crippen molar-refractivity contribution >= 4 is 32.8 Å². The molecule has 1 aromatic heterocycles. The molecule has 0 bridgehead atoms. The van der Waals surface area contributed by atoms with Crippen LogP contribution in [0.1, 0.15) is 59.2 Å². The Bertz CT molecular complexity index is 1170. The van der Waals surface area contributed by atoms with Crippen molar-refractivity contribution in [3.63, 3.8) is 0 Å². The largest absolute Gasteiger partial charge is 0.381 e. The molecule has 1 amide bonds. The van der Waals surface area contributed by atoms with Crippen LogP contribution in [0.5, 0.6) is 0 Å². The summed E-state index contributed by atoms with van der Waals surface area (Å²) in [4.78, 5) is 17.1. The number of hydrogen-bond donors (Lipinski definition) is 1. The van der Waals surface area contributed by atoms with Gasteiger partial charge in [0.05, 0.1) is 16.7 Å². The number of nitrogens with one attached hydrogen (secondary N) is 1. The van der Waals surface area contributed by atoms with E-state index in [1.54, 1.807) is 7.05 Å². The molecule has 200 valence electrons. The molecule has 0 atom stereocenters. The molecular formula is C26H41N5O4S. The summed E-state index contributed by atoms with van der Waals surface area (Å²) in [5, 5.41) is 2.84. The fraction of sp³-hybridized carbons (Fsp3) is 0.692. The first-order chi connectivity index (χ1) is 17.0. The van der Waals surface area contributed by atoms with Gasteiger partial charge in [-0.1, -0.05) is 20.8 Å². The highest BCUT2D eigenvalue weighted by molar-refractivity contribution is 7.90. The number of carbonyl (C=O) groups is 1. The molecule has 4 rings (SSSR count). The highest BCUT2D eigenvalue weighted by atomic mass is 32.2. The molecule has 10 heteroatoms. The Morgan fingerprint density at radius 2 is 1.83 bits per heavy atom. The lowest BCUT2D eigenvalue weighted by Gasteiger charge is -2.33. The van der Waals surface area contributed by atoms with Gasteiger partial charge in [0.25, 0.3) is 0 Å². The maximum atomic E-state index is 13.4. The Kier molecular flexibility index (Phi) is 7.97. The summed E-state index contributed by atoms with van der Waals surface area (Å²) in [6.45, 7) is 12.1. The third-order valence-corrected chi connectivity index (χ3v) is 9.32. The lowest BCUT2D eigenvalue weighted by molar-refractivity contribution is -0.126. The number of rotatable bonds is 7. The molecule has 2 aromatic rings. The monoisotopic (exact) mass is 519 g/mol. The van der Waals surface area contributed by atoms with E-state index in [1.807, 2.05) is 25.1 Å². The highest BCUT2D eigenvalue weighted by Crippen LogP contribution is 2.32. The first-order valence-electron chi connectivity index (χ1n) is 13.1. The molecule has 0 spiro atoms. The number of fused-ring (bicyclic) bond motifs is 1. The second-order valence-corrected chi connectivity index (χ2v) is 13.0. The van der Waals surface area contributed by atoms with E-state index in [0.717, 1.165) is 49.5 Å². The van der Waals surface area contributed by atoms with E-state index >= 15 is 0 Å². The molecule has 2 fully saturated rings. The zero-order valence-electron chi connectivity index (χ0n) is 22.3. The van der Waals surface area contributed by atoms with E-state index in [1.165, 1.54) is 8.61 Å². The van der Waals surface area contributed by atoms with Crippen molar-refractivity contribution in [3.8, 4) is 0 Å². The van der Waals surface area contributed by atoms with Crippen LogP contribution in [0.4, 0.5) is 5.69 Å². The lowest BCUT2D eigenvalue weighted by Crippen LogP contribution is -2.47. The topological polar surface area (TPSA) is 96.8 Å². The fourth-order valence-corrected chi connectivity index (χ4v) is 6.63. The van der Waals surface area contributed by atoms with E-state index < -0.39 is 10.2 Å². The lowest BCUT2D eigenvalue weighted by atomic mass is 9.94. The third kappa shape index (κ3) is 5.55. The summed E-state index contributed by atoms with van der Waals surface area (Å²) in [5.74, 6) is 1.44. The van der Waals surface area contributed by atoms with Crippen LogP contribution in [0.2, 0.25) is 0 Å². The van der Waals surface area contributed by atoms with Crippen LogP contribution < -0.4 is 9.62 Å². The van der Waals surface area contributed by atoms with E-state index in [4.69, 9.17) is 9.72 Å². The Morgan fingerprint density at radius 1 is 1.17 bits per heavy atom. The number of aromatic nitrogens is 2. The van der Waals surface area contributed by atoms with Gasteiger partial charge in [0.1, 0.15) is 5.82 Å². The molecule has 1 aromatic carbocycles. The van der Waals surface area contributed by atoms with Crippen molar-refractivity contribution < 1.29 is 17.9 Å². The van der Waals surface area contributed by atoms with Crippen LogP contribution in [-0.2, 0) is 31.7 Å². The van der Waals surface area contributed by atoms with Gasteiger partial charge in [0.15, 0.2) is 0 Å². The Balaban J connectivity index is 1.57. The predicted molar refractivity (Wildman–Crippen MR) is 142 cm³/mol. The highest BCUT2D eigenvalue weighted by Gasteiger charge is 2.34. The minimum absolute atomic E-state index is 0.0133. The van der Waals surface area contributed by atoms with Crippen molar-refractivity contribution in [2.75, 3.05) is 44.2 Å². The Morgan fingerprint density at radius 3 is 2.44 bits per heavy atom. The Hall–Kier alpha value is -2.17. The minimum atomic E-state index is -3.71. The number of hydrogen-bond acceptors (Lipinski definition) is 5. The second kappa shape index (κ2) is 10.7. The summed E-state index contributed by atoms with van der Waals surface area (Å²) < 4.78 is 37.5. The fourth-order valence-electron chi connectivity index (χ4n) is 5.23. The average Bonchev–Trinajstić information content (AvgIpc) is 3.22. The SMILES string of the molecule is CCNC(=O)C1CCN(S(=O)(=O)N(C)c2ccc3c(c2)nc(C(C)(C)C)n3CC2CCOCC2)CC1. The van der Waals surface area contributed by atoms with E-state index in [-0.39, 0.29) is 17.2 Å². The molecule has 36 heavy (non-hydrogen) atoms. The van der Waals surface area contributed by atoms with Crippen molar-refractivity contribution in [2.45, 2.75) is 65.3 Å². The number of piperidine rings is 1. The first-order valence-corrected chi connectivity index (χ1v) is 14.5. The molecular weight excluding hydrogens is 478 g/mol. The third-order valence-electron chi connectivity index (χ3n) is 7.40. The first kappa shape index (κ1) is 26.9. The maximum absolute atomic E-state index is 13.4. The van der Waals surface area contributed by atoms with Crippen LogP contribution >= 0.6 is 0 Å². The number of benzene rings is 1. The van der Waals surface area contributed by atoms with E-state index in [0.29, 0.717) is 44.1 Å². The molecule has 0 aliphatic carbocycles. The summed E-state index contributed by atoms with van der Waals surface area (Å²) in [6.07, 6.45) is 3.14. The summed E-state index contributed by atoms with van der Waals surface area (Å²) in [6, 6.07) is 5.75. The van der Waals surface area contributed by atoms with Gasteiger partial charge in [-0.25, -0.2) is 4.98 Å². The van der Waals surface area contributed by atoms with Gasteiger partial charge in [-0.15, -0.1) is 0 Å². The molecule has 3 heterocycles.